The number of esters is 1. The van der Waals surface area contributed by atoms with Crippen molar-refractivity contribution in [1.82, 2.24) is 4.98 Å². The van der Waals surface area contributed by atoms with E-state index in [1.165, 1.54) is 0 Å². The van der Waals surface area contributed by atoms with Gasteiger partial charge in [0.2, 0.25) is 5.91 Å². The average Bonchev–Trinajstić information content (AvgIpc) is 3.09. The molecule has 3 aromatic rings. The molecular weight excluding hydrogens is 412 g/mol. The molecule has 0 aliphatic heterocycles. The van der Waals surface area contributed by atoms with Gasteiger partial charge in [0.25, 0.3) is 0 Å². The highest BCUT2D eigenvalue weighted by atomic mass is 32.1. The smallest absolute Gasteiger partial charge is 0.350 e. The van der Waals surface area contributed by atoms with Crippen LogP contribution in [0.3, 0.4) is 0 Å². The second kappa shape index (κ2) is 9.31. The molecule has 0 bridgehead atoms. The zero-order valence-electron chi connectivity index (χ0n) is 18.0. The molecule has 1 heterocycles. The summed E-state index contributed by atoms with van der Waals surface area (Å²) < 4.78 is 5.05. The number of aromatic hydroxyl groups is 1. The van der Waals surface area contributed by atoms with Crippen LogP contribution in [-0.4, -0.2) is 28.6 Å². The monoisotopic (exact) mass is 438 g/mol. The fourth-order valence-electron chi connectivity index (χ4n) is 3.60. The lowest BCUT2D eigenvalue weighted by molar-refractivity contribution is -0.124. The molecule has 162 valence electrons. The Balaban J connectivity index is 1.94. The van der Waals surface area contributed by atoms with Gasteiger partial charge in [0.15, 0.2) is 5.13 Å². The highest BCUT2D eigenvalue weighted by molar-refractivity contribution is 7.17. The second-order valence-electron chi connectivity index (χ2n) is 7.77. The highest BCUT2D eigenvalue weighted by Gasteiger charge is 2.39. The Morgan fingerprint density at radius 2 is 1.81 bits per heavy atom. The molecule has 1 unspecified atom stereocenters. The summed E-state index contributed by atoms with van der Waals surface area (Å²) >= 11 is 1.10. The summed E-state index contributed by atoms with van der Waals surface area (Å²) in [6.45, 7) is 7.44. The number of amides is 1. The fourth-order valence-corrected chi connectivity index (χ4v) is 4.46. The number of hydrogen-bond acceptors (Lipinski definition) is 6. The third-order valence-corrected chi connectivity index (χ3v) is 6.17. The summed E-state index contributed by atoms with van der Waals surface area (Å²) in [4.78, 5) is 30.2. The number of ether oxygens (including phenoxy) is 1. The largest absolute Gasteiger partial charge is 0.508 e. The van der Waals surface area contributed by atoms with Crippen molar-refractivity contribution < 1.29 is 19.4 Å². The molecule has 2 N–H and O–H groups in total. The van der Waals surface area contributed by atoms with Gasteiger partial charge in [-0.3, -0.25) is 4.79 Å². The predicted molar refractivity (Wildman–Crippen MR) is 122 cm³/mol. The molecule has 6 nitrogen and oxygen atoms in total. The summed E-state index contributed by atoms with van der Waals surface area (Å²) in [7, 11) is 0. The Kier molecular flexibility index (Phi) is 6.75. The number of nitrogens with zero attached hydrogens (tertiary/aromatic N) is 1. The summed E-state index contributed by atoms with van der Waals surface area (Å²) in [5.41, 5.74) is 1.41. The number of aryl methyl sites for hydroxylation is 1. The Morgan fingerprint density at radius 3 is 2.45 bits per heavy atom. The van der Waals surface area contributed by atoms with E-state index in [-0.39, 0.29) is 24.2 Å². The predicted octanol–water partition coefficient (Wildman–Crippen LogP) is 5.13. The highest BCUT2D eigenvalue weighted by Crippen LogP contribution is 2.42. The third-order valence-electron chi connectivity index (χ3n) is 5.12. The second-order valence-corrected chi connectivity index (χ2v) is 8.77. The normalized spacial score (nSPS) is 12.3. The van der Waals surface area contributed by atoms with Crippen LogP contribution < -0.4 is 5.32 Å². The quantitative estimate of drug-likeness (QED) is 0.499. The average molecular weight is 439 g/mol. The minimum atomic E-state index is -0.890. The molecule has 31 heavy (non-hydrogen) atoms. The topological polar surface area (TPSA) is 88.5 Å². The van der Waals surface area contributed by atoms with Gasteiger partial charge in [-0.25, -0.2) is 9.78 Å². The van der Waals surface area contributed by atoms with Crippen molar-refractivity contribution in [3.05, 3.63) is 76.3 Å². The van der Waals surface area contributed by atoms with E-state index in [1.807, 2.05) is 50.2 Å². The minimum Gasteiger partial charge on any atom is -0.508 e. The molecule has 3 rings (SSSR count). The lowest BCUT2D eigenvalue weighted by Crippen LogP contribution is -2.37. The Bertz CT molecular complexity index is 1080. The maximum Gasteiger partial charge on any atom is 0.350 e. The SMILES string of the molecule is CCOC(=O)c1sc(NC(=O)C(C)(C)C(c2ccccc2)c2cccc(O)c2)nc1C. The van der Waals surface area contributed by atoms with Crippen LogP contribution >= 0.6 is 11.3 Å². The van der Waals surface area contributed by atoms with Crippen molar-refractivity contribution in [2.45, 2.75) is 33.6 Å². The first-order chi connectivity index (χ1) is 14.7. The molecule has 1 amide bonds. The molecule has 1 atom stereocenters. The number of rotatable bonds is 7. The standard InChI is InChI=1S/C24H26N2O4S/c1-5-30-21(28)20-15(2)25-23(31-20)26-22(29)24(3,4)19(16-10-7-6-8-11-16)17-12-9-13-18(27)14-17/h6-14,19,27H,5H2,1-4H3,(H,25,26,29). The van der Waals surface area contributed by atoms with Crippen molar-refractivity contribution >= 4 is 28.3 Å². The van der Waals surface area contributed by atoms with Crippen molar-refractivity contribution in [2.75, 3.05) is 11.9 Å². The van der Waals surface area contributed by atoms with Crippen LogP contribution in [0.1, 0.15) is 53.2 Å². The van der Waals surface area contributed by atoms with Crippen LogP contribution in [0.4, 0.5) is 5.13 Å². The number of phenols is 1. The summed E-state index contributed by atoms with van der Waals surface area (Å²) in [5, 5.41) is 13.2. The van der Waals surface area contributed by atoms with E-state index in [2.05, 4.69) is 10.3 Å². The number of hydrogen-bond donors (Lipinski definition) is 2. The van der Waals surface area contributed by atoms with Crippen LogP contribution in [0, 0.1) is 12.3 Å². The number of anilines is 1. The Morgan fingerprint density at radius 1 is 1.13 bits per heavy atom. The molecule has 0 aliphatic rings. The number of aromatic nitrogens is 1. The van der Waals surface area contributed by atoms with Gasteiger partial charge in [-0.15, -0.1) is 0 Å². The van der Waals surface area contributed by atoms with E-state index >= 15 is 0 Å². The van der Waals surface area contributed by atoms with Crippen molar-refractivity contribution in [3.63, 3.8) is 0 Å². The van der Waals surface area contributed by atoms with Gasteiger partial charge in [-0.05, 0) is 37.1 Å². The van der Waals surface area contributed by atoms with E-state index in [0.29, 0.717) is 15.7 Å². The fraction of sp³-hybridized carbons (Fsp3) is 0.292. The molecule has 0 fully saturated rings. The molecule has 0 radical (unpaired) electrons. The van der Waals surface area contributed by atoms with Crippen molar-refractivity contribution in [1.29, 1.82) is 0 Å². The Labute approximate surface area is 185 Å². The van der Waals surface area contributed by atoms with E-state index in [0.717, 1.165) is 22.5 Å². The number of phenolic OH excluding ortho intramolecular Hbond substituents is 1. The summed E-state index contributed by atoms with van der Waals surface area (Å²) in [5.74, 6) is -0.858. The van der Waals surface area contributed by atoms with Gasteiger partial charge < -0.3 is 15.2 Å². The molecule has 1 aromatic heterocycles. The van der Waals surface area contributed by atoms with Crippen LogP contribution in [0.15, 0.2) is 54.6 Å². The Hall–Kier alpha value is -3.19. The van der Waals surface area contributed by atoms with Gasteiger partial charge in [-0.1, -0.05) is 67.6 Å². The van der Waals surface area contributed by atoms with Gasteiger partial charge >= 0.3 is 5.97 Å². The van der Waals surface area contributed by atoms with Crippen LogP contribution in [0.5, 0.6) is 5.75 Å². The third kappa shape index (κ3) is 4.94. The number of thiazole rings is 1. The zero-order chi connectivity index (χ0) is 22.6. The minimum absolute atomic E-state index is 0.143. The van der Waals surface area contributed by atoms with E-state index < -0.39 is 11.4 Å². The molecule has 7 heteroatoms. The van der Waals surface area contributed by atoms with Gasteiger partial charge in [0, 0.05) is 5.92 Å². The maximum atomic E-state index is 13.4. The van der Waals surface area contributed by atoms with E-state index in [9.17, 15) is 14.7 Å². The molecule has 0 spiro atoms. The molecule has 0 aliphatic carbocycles. The first kappa shape index (κ1) is 22.5. The van der Waals surface area contributed by atoms with Crippen LogP contribution in [0.2, 0.25) is 0 Å². The molecule has 0 saturated heterocycles. The first-order valence-electron chi connectivity index (χ1n) is 10.0. The number of nitrogens with one attached hydrogen (secondary N) is 1. The van der Waals surface area contributed by atoms with Crippen molar-refractivity contribution in [2.24, 2.45) is 5.41 Å². The number of carbonyl (C=O) groups excluding carboxylic acids is 2. The molecular formula is C24H26N2O4S. The zero-order valence-corrected chi connectivity index (χ0v) is 18.8. The van der Waals surface area contributed by atoms with E-state index in [4.69, 9.17) is 4.74 Å². The molecule has 2 aromatic carbocycles. The molecule has 0 saturated carbocycles. The summed E-state index contributed by atoms with van der Waals surface area (Å²) in [6.07, 6.45) is 0. The number of benzene rings is 2. The van der Waals surface area contributed by atoms with Crippen molar-refractivity contribution in [3.8, 4) is 5.75 Å². The van der Waals surface area contributed by atoms with Crippen LogP contribution in [0.25, 0.3) is 0 Å². The van der Waals surface area contributed by atoms with E-state index in [1.54, 1.807) is 32.0 Å². The number of carbonyl (C=O) groups is 2. The van der Waals surface area contributed by atoms with Crippen LogP contribution in [-0.2, 0) is 9.53 Å². The van der Waals surface area contributed by atoms with Gasteiger partial charge in [0.05, 0.1) is 17.7 Å². The van der Waals surface area contributed by atoms with Gasteiger partial charge in [-0.2, -0.15) is 0 Å². The lowest BCUT2D eigenvalue weighted by atomic mass is 9.70. The summed E-state index contributed by atoms with van der Waals surface area (Å²) in [6, 6.07) is 16.7. The van der Waals surface area contributed by atoms with Gasteiger partial charge in [0.1, 0.15) is 10.6 Å². The lowest BCUT2D eigenvalue weighted by Gasteiger charge is -2.33. The maximum absolute atomic E-state index is 13.4. The first-order valence-corrected chi connectivity index (χ1v) is 10.9.